The van der Waals surface area contributed by atoms with Gasteiger partial charge in [-0.15, -0.1) is 11.3 Å². The minimum Gasteiger partial charge on any atom is -0.493 e. The molecule has 0 saturated heterocycles. The van der Waals surface area contributed by atoms with E-state index in [0.717, 1.165) is 31.7 Å². The van der Waals surface area contributed by atoms with E-state index in [9.17, 15) is 0 Å². The standard InChI is InChI=1S/C18H13Cl2N3O2S2/c1-24-14-6-12-16(7-15(14)25-2)27-18(21-12)23-17-22-13(8-26-17)10-4-3-9(19)5-11(10)20/h3-8H,1-2H3,(H,21,22,23). The molecule has 2 aromatic heterocycles. The molecule has 0 radical (unpaired) electrons. The molecule has 4 rings (SSSR count). The van der Waals surface area contributed by atoms with Gasteiger partial charge in [-0.3, -0.25) is 0 Å². The van der Waals surface area contributed by atoms with E-state index in [1.165, 1.54) is 22.7 Å². The number of anilines is 2. The van der Waals surface area contributed by atoms with Crippen LogP contribution in [0.5, 0.6) is 11.5 Å². The molecule has 0 aliphatic carbocycles. The number of halogens is 2. The fraction of sp³-hybridized carbons (Fsp3) is 0.111. The van der Waals surface area contributed by atoms with Gasteiger partial charge in [0.25, 0.3) is 0 Å². The largest absolute Gasteiger partial charge is 0.493 e. The molecule has 4 aromatic rings. The summed E-state index contributed by atoms with van der Waals surface area (Å²) in [6, 6.07) is 9.14. The highest BCUT2D eigenvalue weighted by Crippen LogP contribution is 2.38. The molecule has 0 spiro atoms. The van der Waals surface area contributed by atoms with Crippen LogP contribution >= 0.6 is 45.9 Å². The number of rotatable bonds is 5. The molecular formula is C18H13Cl2N3O2S2. The normalized spacial score (nSPS) is 11.0. The second-order valence-corrected chi connectivity index (χ2v) is 8.21. The van der Waals surface area contributed by atoms with E-state index in [4.69, 9.17) is 32.7 Å². The molecule has 0 bridgehead atoms. The zero-order valence-corrected chi connectivity index (χ0v) is 17.4. The Hall–Kier alpha value is -2.06. The van der Waals surface area contributed by atoms with E-state index in [1.54, 1.807) is 26.4 Å². The maximum absolute atomic E-state index is 6.27. The van der Waals surface area contributed by atoms with Gasteiger partial charge in [0.05, 0.1) is 35.2 Å². The first-order valence-corrected chi connectivity index (χ1v) is 10.2. The van der Waals surface area contributed by atoms with Crippen molar-refractivity contribution in [1.29, 1.82) is 0 Å². The summed E-state index contributed by atoms with van der Waals surface area (Å²) in [5.41, 5.74) is 2.45. The zero-order chi connectivity index (χ0) is 19.0. The van der Waals surface area contributed by atoms with Crippen molar-refractivity contribution >= 4 is 66.4 Å². The molecule has 0 unspecified atom stereocenters. The third-order valence-electron chi connectivity index (χ3n) is 3.82. The summed E-state index contributed by atoms with van der Waals surface area (Å²) in [5, 5.41) is 7.83. The number of benzene rings is 2. The lowest BCUT2D eigenvalue weighted by Gasteiger charge is -2.05. The Morgan fingerprint density at radius 3 is 2.48 bits per heavy atom. The summed E-state index contributed by atoms with van der Waals surface area (Å²) in [6.45, 7) is 0. The van der Waals surface area contributed by atoms with Crippen molar-refractivity contribution in [3.05, 3.63) is 45.8 Å². The maximum Gasteiger partial charge on any atom is 0.190 e. The van der Waals surface area contributed by atoms with Gasteiger partial charge in [0, 0.05) is 28.1 Å². The lowest BCUT2D eigenvalue weighted by Crippen LogP contribution is -1.90. The number of nitrogens with zero attached hydrogens (tertiary/aromatic N) is 2. The monoisotopic (exact) mass is 437 g/mol. The highest BCUT2D eigenvalue weighted by atomic mass is 35.5. The van der Waals surface area contributed by atoms with Gasteiger partial charge in [0.2, 0.25) is 0 Å². The second-order valence-electron chi connectivity index (χ2n) is 5.48. The van der Waals surface area contributed by atoms with Crippen LogP contribution in [-0.4, -0.2) is 24.2 Å². The minimum absolute atomic E-state index is 0.568. The molecule has 0 aliphatic heterocycles. The molecular weight excluding hydrogens is 425 g/mol. The summed E-state index contributed by atoms with van der Waals surface area (Å²) in [4.78, 5) is 9.20. The Morgan fingerprint density at radius 2 is 1.74 bits per heavy atom. The number of hydrogen-bond acceptors (Lipinski definition) is 7. The average Bonchev–Trinajstić information content (AvgIpc) is 3.26. The molecule has 2 aromatic carbocycles. The van der Waals surface area contributed by atoms with Crippen molar-refractivity contribution in [2.45, 2.75) is 0 Å². The molecule has 2 heterocycles. The molecule has 9 heteroatoms. The van der Waals surface area contributed by atoms with Crippen molar-refractivity contribution in [3.63, 3.8) is 0 Å². The fourth-order valence-electron chi connectivity index (χ4n) is 2.55. The van der Waals surface area contributed by atoms with Crippen LogP contribution in [-0.2, 0) is 0 Å². The Kier molecular flexibility index (Phi) is 5.10. The number of ether oxygens (including phenoxy) is 2. The van der Waals surface area contributed by atoms with E-state index in [-0.39, 0.29) is 0 Å². The van der Waals surface area contributed by atoms with Crippen molar-refractivity contribution in [3.8, 4) is 22.8 Å². The third kappa shape index (κ3) is 3.68. The van der Waals surface area contributed by atoms with Crippen LogP contribution in [0.15, 0.2) is 35.7 Å². The van der Waals surface area contributed by atoms with Gasteiger partial charge in [-0.2, -0.15) is 0 Å². The number of thiazole rings is 2. The van der Waals surface area contributed by atoms with Crippen LogP contribution in [0.2, 0.25) is 10.0 Å². The van der Waals surface area contributed by atoms with Gasteiger partial charge in [-0.1, -0.05) is 34.5 Å². The number of aromatic nitrogens is 2. The fourth-order valence-corrected chi connectivity index (χ4v) is 4.71. The summed E-state index contributed by atoms with van der Waals surface area (Å²) in [6.07, 6.45) is 0. The lowest BCUT2D eigenvalue weighted by molar-refractivity contribution is 0.356. The Bertz CT molecular complexity index is 1090. The Morgan fingerprint density at radius 1 is 0.963 bits per heavy atom. The molecule has 0 aliphatic rings. The van der Waals surface area contributed by atoms with E-state index < -0.39 is 0 Å². The van der Waals surface area contributed by atoms with Crippen LogP contribution in [0.25, 0.3) is 21.5 Å². The van der Waals surface area contributed by atoms with Crippen LogP contribution < -0.4 is 14.8 Å². The Balaban J connectivity index is 1.62. The predicted molar refractivity (Wildman–Crippen MR) is 114 cm³/mol. The lowest BCUT2D eigenvalue weighted by atomic mass is 10.2. The summed E-state index contributed by atoms with van der Waals surface area (Å²) < 4.78 is 11.7. The van der Waals surface area contributed by atoms with Gasteiger partial charge >= 0.3 is 0 Å². The highest BCUT2D eigenvalue weighted by Gasteiger charge is 2.13. The third-order valence-corrected chi connectivity index (χ3v) is 6.06. The zero-order valence-electron chi connectivity index (χ0n) is 14.2. The summed E-state index contributed by atoms with van der Waals surface area (Å²) in [5.74, 6) is 1.32. The Labute approximate surface area is 173 Å². The highest BCUT2D eigenvalue weighted by molar-refractivity contribution is 7.22. The quantitative estimate of drug-likeness (QED) is 0.386. The van der Waals surface area contributed by atoms with Crippen molar-refractivity contribution in [2.24, 2.45) is 0 Å². The summed E-state index contributed by atoms with van der Waals surface area (Å²) in [7, 11) is 3.22. The first kappa shape index (κ1) is 18.3. The predicted octanol–water partition coefficient (Wildman–Crippen LogP) is 6.49. The first-order chi connectivity index (χ1) is 13.1. The number of fused-ring (bicyclic) bond motifs is 1. The molecule has 0 saturated carbocycles. The van der Waals surface area contributed by atoms with E-state index in [0.29, 0.717) is 21.5 Å². The van der Waals surface area contributed by atoms with Crippen LogP contribution in [0.1, 0.15) is 0 Å². The SMILES string of the molecule is COc1cc2nc(Nc3nc(-c4ccc(Cl)cc4Cl)cs3)sc2cc1OC. The van der Waals surface area contributed by atoms with Gasteiger partial charge in [0.15, 0.2) is 21.8 Å². The maximum atomic E-state index is 6.27. The van der Waals surface area contributed by atoms with Gasteiger partial charge in [0.1, 0.15) is 0 Å². The molecule has 138 valence electrons. The van der Waals surface area contributed by atoms with Gasteiger partial charge in [-0.25, -0.2) is 9.97 Å². The number of methoxy groups -OCH3 is 2. The van der Waals surface area contributed by atoms with Gasteiger partial charge < -0.3 is 14.8 Å². The van der Waals surface area contributed by atoms with Crippen molar-refractivity contribution in [2.75, 3.05) is 19.5 Å². The summed E-state index contributed by atoms with van der Waals surface area (Å²) >= 11 is 15.2. The molecule has 0 amide bonds. The second kappa shape index (κ2) is 7.52. The first-order valence-electron chi connectivity index (χ1n) is 7.78. The van der Waals surface area contributed by atoms with Crippen LogP contribution in [0.4, 0.5) is 10.3 Å². The van der Waals surface area contributed by atoms with E-state index in [2.05, 4.69) is 15.3 Å². The molecule has 5 nitrogen and oxygen atoms in total. The molecule has 1 N–H and O–H groups in total. The van der Waals surface area contributed by atoms with Gasteiger partial charge in [-0.05, 0) is 18.2 Å². The molecule has 0 fully saturated rings. The van der Waals surface area contributed by atoms with Crippen LogP contribution in [0.3, 0.4) is 0 Å². The molecule has 0 atom stereocenters. The van der Waals surface area contributed by atoms with E-state index >= 15 is 0 Å². The molecule has 27 heavy (non-hydrogen) atoms. The minimum atomic E-state index is 0.568. The van der Waals surface area contributed by atoms with Crippen molar-refractivity contribution < 1.29 is 9.47 Å². The number of hydrogen-bond donors (Lipinski definition) is 1. The van der Waals surface area contributed by atoms with Crippen molar-refractivity contribution in [1.82, 2.24) is 9.97 Å². The average molecular weight is 438 g/mol. The smallest absolute Gasteiger partial charge is 0.190 e. The van der Waals surface area contributed by atoms with E-state index in [1.807, 2.05) is 23.6 Å². The topological polar surface area (TPSA) is 56.3 Å². The van der Waals surface area contributed by atoms with Crippen LogP contribution in [0, 0.1) is 0 Å². The number of nitrogens with one attached hydrogen (secondary N) is 1.